The Hall–Kier alpha value is -1.02. The van der Waals surface area contributed by atoms with Gasteiger partial charge in [-0.1, -0.05) is 12.1 Å². The van der Waals surface area contributed by atoms with Crippen LogP contribution in [0.3, 0.4) is 0 Å². The fraction of sp³-hybridized carbons (Fsp3) is 0.538. The van der Waals surface area contributed by atoms with Crippen molar-refractivity contribution < 1.29 is 0 Å². The van der Waals surface area contributed by atoms with Crippen molar-refractivity contribution in [3.63, 3.8) is 0 Å². The summed E-state index contributed by atoms with van der Waals surface area (Å²) in [7, 11) is 2.19. The molecule has 2 nitrogen and oxygen atoms in total. The summed E-state index contributed by atoms with van der Waals surface area (Å²) in [5.74, 6) is 0. The van der Waals surface area contributed by atoms with Gasteiger partial charge in [0.25, 0.3) is 0 Å². The molecule has 82 valence electrons. The summed E-state index contributed by atoms with van der Waals surface area (Å²) in [6, 6.07) is 7.28. The number of nitrogens with two attached hydrogens (primary N) is 1. The number of rotatable bonds is 3. The Morgan fingerprint density at radius 3 is 2.67 bits per heavy atom. The van der Waals surface area contributed by atoms with Crippen LogP contribution in [0.25, 0.3) is 0 Å². The van der Waals surface area contributed by atoms with Crippen LogP contribution in [0.15, 0.2) is 18.2 Å². The monoisotopic (exact) mass is 204 g/mol. The van der Waals surface area contributed by atoms with E-state index in [-0.39, 0.29) is 0 Å². The SMILES string of the molecule is Cc1ccc(CN)c(N(C)C2CCC2)c1. The summed E-state index contributed by atoms with van der Waals surface area (Å²) < 4.78 is 0. The van der Waals surface area contributed by atoms with Gasteiger partial charge in [-0.25, -0.2) is 0 Å². The molecular weight excluding hydrogens is 184 g/mol. The van der Waals surface area contributed by atoms with Crippen molar-refractivity contribution in [2.45, 2.75) is 38.8 Å². The van der Waals surface area contributed by atoms with E-state index >= 15 is 0 Å². The van der Waals surface area contributed by atoms with Gasteiger partial charge >= 0.3 is 0 Å². The second kappa shape index (κ2) is 4.23. The first-order valence-corrected chi connectivity index (χ1v) is 5.75. The van der Waals surface area contributed by atoms with Crippen LogP contribution in [0.5, 0.6) is 0 Å². The van der Waals surface area contributed by atoms with Crippen molar-refractivity contribution in [1.29, 1.82) is 0 Å². The minimum atomic E-state index is 0.632. The summed E-state index contributed by atoms with van der Waals surface area (Å²) in [4.78, 5) is 2.40. The zero-order chi connectivity index (χ0) is 10.8. The van der Waals surface area contributed by atoms with Crippen LogP contribution in [-0.4, -0.2) is 13.1 Å². The first-order valence-electron chi connectivity index (χ1n) is 5.75. The third-order valence-electron chi connectivity index (χ3n) is 3.46. The summed E-state index contributed by atoms with van der Waals surface area (Å²) in [6.45, 7) is 2.77. The zero-order valence-corrected chi connectivity index (χ0v) is 9.66. The third-order valence-corrected chi connectivity index (χ3v) is 3.46. The molecule has 1 fully saturated rings. The molecular formula is C13H20N2. The Labute approximate surface area is 92.1 Å². The summed E-state index contributed by atoms with van der Waals surface area (Å²) >= 11 is 0. The van der Waals surface area contributed by atoms with Crippen LogP contribution >= 0.6 is 0 Å². The van der Waals surface area contributed by atoms with Crippen molar-refractivity contribution >= 4 is 5.69 Å². The normalized spacial score (nSPS) is 16.2. The van der Waals surface area contributed by atoms with Gasteiger partial charge in [0.15, 0.2) is 0 Å². The van der Waals surface area contributed by atoms with E-state index in [1.807, 2.05) is 0 Å². The Morgan fingerprint density at radius 1 is 1.40 bits per heavy atom. The molecule has 1 aliphatic rings. The van der Waals surface area contributed by atoms with Crippen LogP contribution < -0.4 is 10.6 Å². The maximum Gasteiger partial charge on any atom is 0.0414 e. The van der Waals surface area contributed by atoms with Crippen molar-refractivity contribution in [3.8, 4) is 0 Å². The molecule has 1 aliphatic carbocycles. The van der Waals surface area contributed by atoms with E-state index in [1.54, 1.807) is 0 Å². The topological polar surface area (TPSA) is 29.3 Å². The molecule has 2 heteroatoms. The van der Waals surface area contributed by atoms with Gasteiger partial charge in [0, 0.05) is 25.3 Å². The highest BCUT2D eigenvalue weighted by molar-refractivity contribution is 5.56. The molecule has 15 heavy (non-hydrogen) atoms. The molecule has 0 spiro atoms. The van der Waals surface area contributed by atoms with E-state index in [1.165, 1.54) is 36.1 Å². The Morgan fingerprint density at radius 2 is 2.13 bits per heavy atom. The first kappa shape index (κ1) is 10.5. The highest BCUT2D eigenvalue weighted by atomic mass is 15.1. The van der Waals surface area contributed by atoms with Crippen LogP contribution in [0.4, 0.5) is 5.69 Å². The summed E-state index contributed by atoms with van der Waals surface area (Å²) in [6.07, 6.45) is 4.03. The highest BCUT2D eigenvalue weighted by Gasteiger charge is 2.23. The van der Waals surface area contributed by atoms with Crippen molar-refractivity contribution in [1.82, 2.24) is 0 Å². The van der Waals surface area contributed by atoms with E-state index in [2.05, 4.69) is 37.1 Å². The molecule has 0 amide bonds. The van der Waals surface area contributed by atoms with Crippen LogP contribution in [0.2, 0.25) is 0 Å². The smallest absolute Gasteiger partial charge is 0.0414 e. The molecule has 0 aromatic heterocycles. The molecule has 0 unspecified atom stereocenters. The highest BCUT2D eigenvalue weighted by Crippen LogP contribution is 2.30. The molecule has 1 saturated carbocycles. The molecule has 1 aromatic carbocycles. The molecule has 0 radical (unpaired) electrons. The molecule has 0 saturated heterocycles. The van der Waals surface area contributed by atoms with Crippen LogP contribution in [0, 0.1) is 6.92 Å². The molecule has 2 N–H and O–H groups in total. The predicted molar refractivity (Wildman–Crippen MR) is 65.1 cm³/mol. The minimum absolute atomic E-state index is 0.632. The van der Waals surface area contributed by atoms with Crippen molar-refractivity contribution in [3.05, 3.63) is 29.3 Å². The van der Waals surface area contributed by atoms with Crippen LogP contribution in [0.1, 0.15) is 30.4 Å². The molecule has 0 bridgehead atoms. The lowest BCUT2D eigenvalue weighted by molar-refractivity contribution is 0.400. The zero-order valence-electron chi connectivity index (χ0n) is 9.66. The third kappa shape index (κ3) is 2.00. The van der Waals surface area contributed by atoms with Gasteiger partial charge < -0.3 is 10.6 Å². The number of hydrogen-bond acceptors (Lipinski definition) is 2. The Bertz CT molecular complexity index is 342. The standard InChI is InChI=1S/C13H20N2/c1-10-6-7-11(9-14)13(8-10)15(2)12-4-3-5-12/h6-8,12H,3-5,9,14H2,1-2H3. The van der Waals surface area contributed by atoms with Gasteiger partial charge in [-0.3, -0.25) is 0 Å². The number of anilines is 1. The second-order valence-electron chi connectivity index (χ2n) is 4.53. The first-order chi connectivity index (χ1) is 7.22. The largest absolute Gasteiger partial charge is 0.371 e. The molecule has 1 aromatic rings. The van der Waals surface area contributed by atoms with E-state index in [9.17, 15) is 0 Å². The maximum atomic E-state index is 5.77. The van der Waals surface area contributed by atoms with Gasteiger partial charge in [0.05, 0.1) is 0 Å². The van der Waals surface area contributed by atoms with Crippen molar-refractivity contribution in [2.75, 3.05) is 11.9 Å². The fourth-order valence-corrected chi connectivity index (χ4v) is 2.15. The Kier molecular flexibility index (Phi) is 2.96. The van der Waals surface area contributed by atoms with Gasteiger partial charge in [-0.05, 0) is 43.4 Å². The van der Waals surface area contributed by atoms with E-state index < -0.39 is 0 Å². The molecule has 2 rings (SSSR count). The number of nitrogens with zero attached hydrogens (tertiary/aromatic N) is 1. The number of benzene rings is 1. The lowest BCUT2D eigenvalue weighted by atomic mass is 9.91. The average Bonchev–Trinajstić information content (AvgIpc) is 2.15. The Balaban J connectivity index is 2.27. The molecule has 0 heterocycles. The number of aryl methyl sites for hydroxylation is 1. The lowest BCUT2D eigenvalue weighted by Gasteiger charge is -2.37. The molecule has 0 atom stereocenters. The minimum Gasteiger partial charge on any atom is -0.371 e. The van der Waals surface area contributed by atoms with E-state index in [4.69, 9.17) is 5.73 Å². The predicted octanol–water partition coefficient (Wildman–Crippen LogP) is 2.44. The summed E-state index contributed by atoms with van der Waals surface area (Å²) in [5, 5.41) is 0. The van der Waals surface area contributed by atoms with Gasteiger partial charge in [-0.2, -0.15) is 0 Å². The van der Waals surface area contributed by atoms with Gasteiger partial charge in [0.1, 0.15) is 0 Å². The quantitative estimate of drug-likeness (QED) is 0.819. The van der Waals surface area contributed by atoms with E-state index in [0.717, 1.165) is 6.04 Å². The van der Waals surface area contributed by atoms with Gasteiger partial charge in [0.2, 0.25) is 0 Å². The van der Waals surface area contributed by atoms with Crippen molar-refractivity contribution in [2.24, 2.45) is 5.73 Å². The lowest BCUT2D eigenvalue weighted by Crippen LogP contribution is -2.37. The average molecular weight is 204 g/mol. The maximum absolute atomic E-state index is 5.77. The second-order valence-corrected chi connectivity index (χ2v) is 4.53. The summed E-state index contributed by atoms with van der Waals surface area (Å²) in [5.41, 5.74) is 9.67. The van der Waals surface area contributed by atoms with E-state index in [0.29, 0.717) is 6.54 Å². The van der Waals surface area contributed by atoms with Gasteiger partial charge in [-0.15, -0.1) is 0 Å². The fourth-order valence-electron chi connectivity index (χ4n) is 2.15. The number of hydrogen-bond donors (Lipinski definition) is 1. The van der Waals surface area contributed by atoms with Crippen LogP contribution in [-0.2, 0) is 6.54 Å². The molecule has 0 aliphatic heterocycles.